The number of hydrogen-bond donors (Lipinski definition) is 2. The van der Waals surface area contributed by atoms with E-state index >= 15 is 0 Å². The number of carbonyl (C=O) groups excluding carboxylic acids is 1. The fourth-order valence-corrected chi connectivity index (χ4v) is 1.53. The van der Waals surface area contributed by atoms with Crippen LogP contribution in [0.1, 0.15) is 11.5 Å². The lowest BCUT2D eigenvalue weighted by Crippen LogP contribution is -2.20. The Kier molecular flexibility index (Phi) is 3.08. The summed E-state index contributed by atoms with van der Waals surface area (Å²) in [6.45, 7) is 0.211. The third-order valence-corrected chi connectivity index (χ3v) is 2.20. The fraction of sp³-hybridized carbons (Fsp3) is 0.222. The lowest BCUT2D eigenvalue weighted by molar-refractivity contribution is -0.116. The molecule has 2 rings (SSSR count). The van der Waals surface area contributed by atoms with Gasteiger partial charge in [-0.1, -0.05) is 0 Å². The number of nitrogens with one attached hydrogen (secondary N) is 1. The van der Waals surface area contributed by atoms with Gasteiger partial charge in [0.2, 0.25) is 5.91 Å². The summed E-state index contributed by atoms with van der Waals surface area (Å²) in [4.78, 5) is 11.3. The molecule has 1 aliphatic heterocycles. The van der Waals surface area contributed by atoms with Crippen molar-refractivity contribution in [2.75, 3.05) is 11.9 Å². The molecule has 0 saturated carbocycles. The van der Waals surface area contributed by atoms with Gasteiger partial charge in [0.15, 0.2) is 0 Å². The molecule has 3 nitrogen and oxygen atoms in total. The van der Waals surface area contributed by atoms with E-state index < -0.39 is 5.92 Å². The van der Waals surface area contributed by atoms with Crippen molar-refractivity contribution in [2.45, 2.75) is 5.92 Å². The maximum Gasteiger partial charge on any atom is 0.233 e. The second-order valence-corrected chi connectivity index (χ2v) is 3.01. The van der Waals surface area contributed by atoms with E-state index in [1.54, 1.807) is 6.07 Å². The minimum Gasteiger partial charge on any atom is -0.329 e. The highest BCUT2D eigenvalue weighted by molar-refractivity contribution is 6.03. The zero-order valence-electron chi connectivity index (χ0n) is 7.29. The van der Waals surface area contributed by atoms with Gasteiger partial charge in [0.1, 0.15) is 5.82 Å². The standard InChI is InChI=1S/C9H9FN2O.ClH/c10-5-1-2-8-6(3-5)7(4-11)9(13)12-8;/h1-3,7H,4,11H2,(H,12,13);1H. The molecule has 0 bridgehead atoms. The van der Waals surface area contributed by atoms with Crippen LogP contribution < -0.4 is 11.1 Å². The number of carbonyl (C=O) groups is 1. The van der Waals surface area contributed by atoms with Crippen molar-refractivity contribution < 1.29 is 9.18 Å². The van der Waals surface area contributed by atoms with Crippen LogP contribution in [0.25, 0.3) is 0 Å². The SMILES string of the molecule is Cl.NCC1C(=O)Nc2ccc(F)cc21. The zero-order chi connectivity index (χ0) is 9.42. The summed E-state index contributed by atoms with van der Waals surface area (Å²) in [7, 11) is 0. The highest BCUT2D eigenvalue weighted by Crippen LogP contribution is 2.31. The minimum atomic E-state index is -0.398. The van der Waals surface area contributed by atoms with E-state index in [1.165, 1.54) is 12.1 Å². The van der Waals surface area contributed by atoms with Gasteiger partial charge in [-0.3, -0.25) is 4.79 Å². The summed E-state index contributed by atoms with van der Waals surface area (Å²) < 4.78 is 12.8. The lowest BCUT2D eigenvalue weighted by Gasteiger charge is -2.03. The van der Waals surface area contributed by atoms with Crippen LogP contribution in [0.5, 0.6) is 0 Å². The number of benzene rings is 1. The Morgan fingerprint density at radius 2 is 2.21 bits per heavy atom. The van der Waals surface area contributed by atoms with Gasteiger partial charge in [-0.05, 0) is 23.8 Å². The molecular formula is C9H10ClFN2O. The molecule has 1 amide bonds. The monoisotopic (exact) mass is 216 g/mol. The predicted molar refractivity (Wildman–Crippen MR) is 54.1 cm³/mol. The maximum atomic E-state index is 12.8. The van der Waals surface area contributed by atoms with Gasteiger partial charge in [0.25, 0.3) is 0 Å². The zero-order valence-corrected chi connectivity index (χ0v) is 8.10. The van der Waals surface area contributed by atoms with Crippen LogP contribution in [-0.4, -0.2) is 12.5 Å². The first-order valence-corrected chi connectivity index (χ1v) is 4.02. The van der Waals surface area contributed by atoms with Crippen LogP contribution in [0, 0.1) is 5.82 Å². The first-order valence-electron chi connectivity index (χ1n) is 4.02. The van der Waals surface area contributed by atoms with E-state index in [2.05, 4.69) is 5.32 Å². The molecule has 0 aromatic heterocycles. The molecule has 0 aliphatic carbocycles. The van der Waals surface area contributed by atoms with E-state index in [1.807, 2.05) is 0 Å². The molecule has 5 heteroatoms. The van der Waals surface area contributed by atoms with Gasteiger partial charge in [0.05, 0.1) is 5.92 Å². The van der Waals surface area contributed by atoms with Crippen LogP contribution in [0.3, 0.4) is 0 Å². The predicted octanol–water partition coefficient (Wildman–Crippen LogP) is 1.24. The number of anilines is 1. The maximum absolute atomic E-state index is 12.8. The van der Waals surface area contributed by atoms with Crippen molar-refractivity contribution >= 4 is 24.0 Å². The van der Waals surface area contributed by atoms with Crippen LogP contribution in [0.15, 0.2) is 18.2 Å². The second kappa shape index (κ2) is 3.94. The first kappa shape index (κ1) is 10.9. The highest BCUT2D eigenvalue weighted by atomic mass is 35.5. The molecule has 0 fully saturated rings. The number of nitrogens with two attached hydrogens (primary N) is 1. The van der Waals surface area contributed by atoms with Gasteiger partial charge in [-0.15, -0.1) is 12.4 Å². The molecule has 1 heterocycles. The van der Waals surface area contributed by atoms with Crippen LogP contribution >= 0.6 is 12.4 Å². The fourth-order valence-electron chi connectivity index (χ4n) is 1.53. The number of rotatable bonds is 1. The minimum absolute atomic E-state index is 0. The average Bonchev–Trinajstić information content (AvgIpc) is 2.40. The average molecular weight is 217 g/mol. The molecule has 1 unspecified atom stereocenters. The lowest BCUT2D eigenvalue weighted by atomic mass is 10.0. The van der Waals surface area contributed by atoms with Gasteiger partial charge in [-0.25, -0.2) is 4.39 Å². The molecule has 3 N–H and O–H groups in total. The Morgan fingerprint density at radius 1 is 1.50 bits per heavy atom. The molecule has 14 heavy (non-hydrogen) atoms. The quantitative estimate of drug-likeness (QED) is 0.742. The summed E-state index contributed by atoms with van der Waals surface area (Å²) in [5.41, 5.74) is 6.73. The normalized spacial score (nSPS) is 18.4. The van der Waals surface area contributed by atoms with Crippen LogP contribution in [0.4, 0.5) is 10.1 Å². The molecular weight excluding hydrogens is 207 g/mol. The summed E-state index contributed by atoms with van der Waals surface area (Å²) in [6.07, 6.45) is 0. The number of halogens is 2. The van der Waals surface area contributed by atoms with E-state index in [-0.39, 0.29) is 30.7 Å². The van der Waals surface area contributed by atoms with Gasteiger partial charge < -0.3 is 11.1 Å². The Bertz CT molecular complexity index is 370. The van der Waals surface area contributed by atoms with Crippen molar-refractivity contribution in [3.05, 3.63) is 29.6 Å². The van der Waals surface area contributed by atoms with Crippen LogP contribution in [0.2, 0.25) is 0 Å². The summed E-state index contributed by atoms with van der Waals surface area (Å²) in [6, 6.07) is 4.22. The van der Waals surface area contributed by atoms with Crippen molar-refractivity contribution in [1.82, 2.24) is 0 Å². The van der Waals surface area contributed by atoms with E-state index in [0.717, 1.165) is 0 Å². The van der Waals surface area contributed by atoms with E-state index in [4.69, 9.17) is 5.73 Å². The van der Waals surface area contributed by atoms with Crippen molar-refractivity contribution in [3.63, 3.8) is 0 Å². The Hall–Kier alpha value is -1.13. The van der Waals surface area contributed by atoms with Crippen LogP contribution in [-0.2, 0) is 4.79 Å². The Labute approximate surface area is 86.9 Å². The van der Waals surface area contributed by atoms with Gasteiger partial charge >= 0.3 is 0 Å². The third kappa shape index (κ3) is 1.58. The van der Waals surface area contributed by atoms with Gasteiger partial charge in [-0.2, -0.15) is 0 Å². The molecule has 1 aromatic carbocycles. The van der Waals surface area contributed by atoms with Crippen molar-refractivity contribution in [1.29, 1.82) is 0 Å². The number of fused-ring (bicyclic) bond motifs is 1. The molecule has 0 spiro atoms. The Balaban J connectivity index is 0.000000980. The topological polar surface area (TPSA) is 55.1 Å². The molecule has 1 aliphatic rings. The van der Waals surface area contributed by atoms with E-state index in [9.17, 15) is 9.18 Å². The van der Waals surface area contributed by atoms with Gasteiger partial charge in [0, 0.05) is 12.2 Å². The number of hydrogen-bond acceptors (Lipinski definition) is 2. The second-order valence-electron chi connectivity index (χ2n) is 3.01. The molecule has 1 atom stereocenters. The third-order valence-electron chi connectivity index (χ3n) is 2.20. The summed E-state index contributed by atoms with van der Waals surface area (Å²) >= 11 is 0. The smallest absolute Gasteiger partial charge is 0.233 e. The van der Waals surface area contributed by atoms with Crippen molar-refractivity contribution in [3.8, 4) is 0 Å². The van der Waals surface area contributed by atoms with E-state index in [0.29, 0.717) is 11.3 Å². The summed E-state index contributed by atoms with van der Waals surface area (Å²) in [5.74, 6) is -0.887. The molecule has 0 radical (unpaired) electrons. The highest BCUT2D eigenvalue weighted by Gasteiger charge is 2.29. The molecule has 0 saturated heterocycles. The number of amides is 1. The summed E-state index contributed by atoms with van der Waals surface area (Å²) in [5, 5.41) is 2.64. The molecule has 1 aromatic rings. The van der Waals surface area contributed by atoms with Crippen molar-refractivity contribution in [2.24, 2.45) is 5.73 Å². The largest absolute Gasteiger partial charge is 0.329 e. The molecule has 76 valence electrons. The Morgan fingerprint density at radius 3 is 2.86 bits per heavy atom. The first-order chi connectivity index (χ1) is 6.22.